The van der Waals surface area contributed by atoms with Gasteiger partial charge in [-0.2, -0.15) is 4.31 Å². The first-order valence-electron chi connectivity index (χ1n) is 9.22. The Morgan fingerprint density at radius 2 is 1.45 bits per heavy atom. The molecule has 0 radical (unpaired) electrons. The molecule has 1 fully saturated rings. The van der Waals surface area contributed by atoms with Crippen LogP contribution in [0.4, 0.5) is 0 Å². The van der Waals surface area contributed by atoms with E-state index in [4.69, 9.17) is 23.2 Å². The summed E-state index contributed by atoms with van der Waals surface area (Å²) in [4.78, 5) is 16.7. The highest BCUT2D eigenvalue weighted by Gasteiger charge is 2.27. The number of hydrogen-bond donors (Lipinski definition) is 0. The Bertz CT molecular complexity index is 942. The molecule has 6 nitrogen and oxygen atoms in total. The van der Waals surface area contributed by atoms with Gasteiger partial charge in [-0.15, -0.1) is 0 Å². The number of piperazine rings is 1. The van der Waals surface area contributed by atoms with Gasteiger partial charge in [-0.1, -0.05) is 35.3 Å². The van der Waals surface area contributed by atoms with Gasteiger partial charge in [-0.25, -0.2) is 8.42 Å². The van der Waals surface area contributed by atoms with Crippen LogP contribution in [0.1, 0.15) is 5.56 Å². The number of benzene rings is 2. The van der Waals surface area contributed by atoms with Gasteiger partial charge in [0.25, 0.3) is 0 Å². The van der Waals surface area contributed by atoms with Crippen LogP contribution in [0.25, 0.3) is 0 Å². The summed E-state index contributed by atoms with van der Waals surface area (Å²) in [6.45, 7) is 3.22. The van der Waals surface area contributed by atoms with Crippen LogP contribution in [0, 0.1) is 0 Å². The summed E-state index contributed by atoms with van der Waals surface area (Å²) in [6.07, 6.45) is 0. The Morgan fingerprint density at radius 1 is 0.931 bits per heavy atom. The molecule has 1 saturated heterocycles. The van der Waals surface area contributed by atoms with Crippen LogP contribution in [0.5, 0.6) is 0 Å². The molecule has 0 unspecified atom stereocenters. The molecule has 0 aromatic heterocycles. The summed E-state index contributed by atoms with van der Waals surface area (Å²) >= 11 is 11.7. The van der Waals surface area contributed by atoms with Crippen molar-refractivity contribution in [1.82, 2.24) is 14.1 Å². The normalized spacial score (nSPS) is 15.7. The van der Waals surface area contributed by atoms with E-state index in [1.165, 1.54) is 36.9 Å². The SMILES string of the molecule is CN(CC(=O)N1CCN(Cc2ccc(Cl)cc2)CC1)S(=O)(=O)c1ccc(Cl)cc1. The highest BCUT2D eigenvalue weighted by Crippen LogP contribution is 2.18. The lowest BCUT2D eigenvalue weighted by atomic mass is 10.2. The van der Waals surface area contributed by atoms with Crippen LogP contribution in [0.2, 0.25) is 10.0 Å². The predicted molar refractivity (Wildman–Crippen MR) is 115 cm³/mol. The van der Waals surface area contributed by atoms with E-state index >= 15 is 0 Å². The zero-order chi connectivity index (χ0) is 21.0. The highest BCUT2D eigenvalue weighted by atomic mass is 35.5. The van der Waals surface area contributed by atoms with E-state index in [2.05, 4.69) is 4.90 Å². The fourth-order valence-corrected chi connectivity index (χ4v) is 4.54. The second-order valence-electron chi connectivity index (χ2n) is 7.00. The summed E-state index contributed by atoms with van der Waals surface area (Å²) in [5, 5.41) is 1.17. The molecular formula is C20H23Cl2N3O3S. The van der Waals surface area contributed by atoms with Gasteiger partial charge < -0.3 is 4.90 Å². The van der Waals surface area contributed by atoms with Crippen molar-refractivity contribution in [1.29, 1.82) is 0 Å². The van der Waals surface area contributed by atoms with Crippen molar-refractivity contribution in [2.24, 2.45) is 0 Å². The van der Waals surface area contributed by atoms with Crippen molar-refractivity contribution in [3.8, 4) is 0 Å². The lowest BCUT2D eigenvalue weighted by Gasteiger charge is -2.35. The maximum Gasteiger partial charge on any atom is 0.243 e. The summed E-state index contributed by atoms with van der Waals surface area (Å²) in [6, 6.07) is 13.6. The molecule has 0 saturated carbocycles. The molecule has 0 spiro atoms. The summed E-state index contributed by atoms with van der Waals surface area (Å²) < 4.78 is 26.4. The summed E-state index contributed by atoms with van der Waals surface area (Å²) in [5.74, 6) is -0.198. The molecule has 1 heterocycles. The van der Waals surface area contributed by atoms with Gasteiger partial charge in [-0.3, -0.25) is 9.69 Å². The van der Waals surface area contributed by atoms with Gasteiger partial charge >= 0.3 is 0 Å². The smallest absolute Gasteiger partial charge is 0.243 e. The van der Waals surface area contributed by atoms with Crippen molar-refractivity contribution in [2.45, 2.75) is 11.4 Å². The first-order valence-corrected chi connectivity index (χ1v) is 11.4. The third kappa shape index (κ3) is 5.71. The van der Waals surface area contributed by atoms with Crippen molar-refractivity contribution < 1.29 is 13.2 Å². The molecule has 1 aliphatic rings. The maximum atomic E-state index is 12.6. The number of nitrogens with zero attached hydrogens (tertiary/aromatic N) is 3. The maximum absolute atomic E-state index is 12.6. The minimum atomic E-state index is -3.74. The summed E-state index contributed by atoms with van der Waals surface area (Å²) in [5.41, 5.74) is 1.17. The third-order valence-electron chi connectivity index (χ3n) is 4.92. The van der Waals surface area contributed by atoms with E-state index in [0.29, 0.717) is 23.1 Å². The Hall–Kier alpha value is -1.64. The van der Waals surface area contributed by atoms with E-state index in [0.717, 1.165) is 23.9 Å². The minimum absolute atomic E-state index is 0.116. The van der Waals surface area contributed by atoms with Crippen LogP contribution in [-0.2, 0) is 21.4 Å². The number of hydrogen-bond acceptors (Lipinski definition) is 4. The van der Waals surface area contributed by atoms with Gasteiger partial charge in [-0.05, 0) is 42.0 Å². The number of rotatable bonds is 6. The van der Waals surface area contributed by atoms with E-state index in [-0.39, 0.29) is 17.3 Å². The van der Waals surface area contributed by atoms with Gasteiger partial charge in [0.15, 0.2) is 0 Å². The van der Waals surface area contributed by atoms with E-state index in [1.807, 2.05) is 24.3 Å². The van der Waals surface area contributed by atoms with Crippen molar-refractivity contribution in [2.75, 3.05) is 39.8 Å². The number of amides is 1. The molecule has 0 N–H and O–H groups in total. The predicted octanol–water partition coefficient (Wildman–Crippen LogP) is 2.96. The molecule has 0 aliphatic carbocycles. The zero-order valence-electron chi connectivity index (χ0n) is 16.1. The van der Waals surface area contributed by atoms with E-state index in [9.17, 15) is 13.2 Å². The average molecular weight is 456 g/mol. The molecule has 0 bridgehead atoms. The van der Waals surface area contributed by atoms with Crippen LogP contribution < -0.4 is 0 Å². The fraction of sp³-hybridized carbons (Fsp3) is 0.350. The second-order valence-corrected chi connectivity index (χ2v) is 9.92. The zero-order valence-corrected chi connectivity index (χ0v) is 18.4. The molecule has 2 aromatic rings. The molecule has 156 valence electrons. The average Bonchev–Trinajstić information content (AvgIpc) is 2.70. The summed E-state index contributed by atoms with van der Waals surface area (Å²) in [7, 11) is -2.32. The third-order valence-corrected chi connectivity index (χ3v) is 7.25. The van der Waals surface area contributed by atoms with Crippen LogP contribution in [0.3, 0.4) is 0 Å². The molecule has 1 aliphatic heterocycles. The fourth-order valence-electron chi connectivity index (χ4n) is 3.17. The molecule has 1 amide bonds. The topological polar surface area (TPSA) is 60.9 Å². The van der Waals surface area contributed by atoms with Crippen LogP contribution in [-0.4, -0.2) is 68.2 Å². The first kappa shape index (κ1) is 22.1. The monoisotopic (exact) mass is 455 g/mol. The van der Waals surface area contributed by atoms with Crippen molar-refractivity contribution in [3.63, 3.8) is 0 Å². The number of carbonyl (C=O) groups is 1. The largest absolute Gasteiger partial charge is 0.339 e. The number of halogens is 2. The standard InChI is InChI=1S/C20H23Cl2N3O3S/c1-23(29(27,28)19-8-6-18(22)7-9-19)15-20(26)25-12-10-24(11-13-25)14-16-2-4-17(21)5-3-16/h2-9H,10-15H2,1H3. The lowest BCUT2D eigenvalue weighted by molar-refractivity contribution is -0.133. The first-order chi connectivity index (χ1) is 13.8. The molecule has 2 aromatic carbocycles. The molecule has 0 atom stereocenters. The van der Waals surface area contributed by atoms with E-state index in [1.54, 1.807) is 4.90 Å². The van der Waals surface area contributed by atoms with Crippen molar-refractivity contribution in [3.05, 3.63) is 64.1 Å². The molecule has 3 rings (SSSR count). The molecule has 29 heavy (non-hydrogen) atoms. The van der Waals surface area contributed by atoms with Gasteiger partial charge in [0.2, 0.25) is 15.9 Å². The number of sulfonamides is 1. The van der Waals surface area contributed by atoms with E-state index < -0.39 is 10.0 Å². The van der Waals surface area contributed by atoms with Crippen LogP contribution >= 0.6 is 23.2 Å². The Morgan fingerprint density at radius 3 is 2.00 bits per heavy atom. The highest BCUT2D eigenvalue weighted by molar-refractivity contribution is 7.89. The van der Waals surface area contributed by atoms with Crippen molar-refractivity contribution >= 4 is 39.1 Å². The number of likely N-dealkylation sites (N-methyl/N-ethyl adjacent to an activating group) is 1. The lowest BCUT2D eigenvalue weighted by Crippen LogP contribution is -2.51. The van der Waals surface area contributed by atoms with Gasteiger partial charge in [0, 0.05) is 49.8 Å². The second kappa shape index (κ2) is 9.45. The quantitative estimate of drug-likeness (QED) is 0.671. The Balaban J connectivity index is 1.52. The van der Waals surface area contributed by atoms with Crippen LogP contribution in [0.15, 0.2) is 53.4 Å². The Kier molecular flexibility index (Phi) is 7.19. The molecule has 9 heteroatoms. The minimum Gasteiger partial charge on any atom is -0.339 e. The van der Waals surface area contributed by atoms with Gasteiger partial charge in [0.05, 0.1) is 11.4 Å². The van der Waals surface area contributed by atoms with Gasteiger partial charge in [0.1, 0.15) is 0 Å². The Labute approximate surface area is 181 Å². The number of carbonyl (C=O) groups excluding carboxylic acids is 1. The molecular weight excluding hydrogens is 433 g/mol.